The van der Waals surface area contributed by atoms with Crippen LogP contribution >= 0.6 is 0 Å². The molecule has 1 saturated heterocycles. The molecule has 1 aromatic carbocycles. The van der Waals surface area contributed by atoms with Crippen molar-refractivity contribution in [2.75, 3.05) is 25.5 Å². The number of piperidine rings is 1. The van der Waals surface area contributed by atoms with E-state index in [1.165, 1.54) is 30.6 Å². The van der Waals surface area contributed by atoms with E-state index in [1.807, 2.05) is 0 Å². The Balaban J connectivity index is 1.93. The number of likely N-dealkylation sites (tertiary alicyclic amines) is 1. The van der Waals surface area contributed by atoms with Crippen molar-refractivity contribution >= 4 is 5.69 Å². The highest BCUT2D eigenvalue weighted by molar-refractivity contribution is 5.45. The van der Waals surface area contributed by atoms with Crippen LogP contribution in [0.5, 0.6) is 0 Å². The van der Waals surface area contributed by atoms with E-state index < -0.39 is 0 Å². The van der Waals surface area contributed by atoms with Gasteiger partial charge < -0.3 is 10.2 Å². The van der Waals surface area contributed by atoms with Crippen LogP contribution in [0.1, 0.15) is 18.4 Å². The number of benzene rings is 1. The Morgan fingerprint density at radius 3 is 2.67 bits per heavy atom. The summed E-state index contributed by atoms with van der Waals surface area (Å²) >= 11 is 0. The number of aryl methyl sites for hydroxylation is 1. The quantitative estimate of drug-likeness (QED) is 0.796. The largest absolute Gasteiger partial charge is 0.381 e. The van der Waals surface area contributed by atoms with Crippen LogP contribution in [0.3, 0.4) is 0 Å². The molecule has 15 heavy (non-hydrogen) atoms. The number of likely N-dealkylation sites (N-methyl/N-ethyl adjacent to an activating group) is 1. The molecule has 0 saturated carbocycles. The topological polar surface area (TPSA) is 15.3 Å². The van der Waals surface area contributed by atoms with Gasteiger partial charge in [-0.2, -0.15) is 0 Å². The Kier molecular flexibility index (Phi) is 3.27. The fraction of sp³-hybridized carbons (Fsp3) is 0.538. The van der Waals surface area contributed by atoms with Gasteiger partial charge in [-0.15, -0.1) is 0 Å². The molecule has 1 N–H and O–H groups in total. The maximum Gasteiger partial charge on any atom is 0.0388 e. The summed E-state index contributed by atoms with van der Waals surface area (Å²) in [5.41, 5.74) is 2.57. The molecule has 82 valence electrons. The van der Waals surface area contributed by atoms with Crippen molar-refractivity contribution in [3.63, 3.8) is 0 Å². The van der Waals surface area contributed by atoms with Gasteiger partial charge in [0.05, 0.1) is 0 Å². The summed E-state index contributed by atoms with van der Waals surface area (Å²) in [5.74, 6) is 0. The fourth-order valence-electron chi connectivity index (χ4n) is 2.17. The summed E-state index contributed by atoms with van der Waals surface area (Å²) < 4.78 is 0. The molecule has 0 amide bonds. The first-order valence-electron chi connectivity index (χ1n) is 5.76. The number of hydrogen-bond donors (Lipinski definition) is 1. The zero-order valence-electron chi connectivity index (χ0n) is 9.66. The van der Waals surface area contributed by atoms with E-state index in [9.17, 15) is 0 Å². The van der Waals surface area contributed by atoms with Crippen molar-refractivity contribution in [1.82, 2.24) is 4.90 Å². The average molecular weight is 204 g/mol. The number of nitrogens with one attached hydrogen (secondary N) is 1. The van der Waals surface area contributed by atoms with Gasteiger partial charge in [0.15, 0.2) is 0 Å². The molecule has 2 heteroatoms. The number of hydrogen-bond acceptors (Lipinski definition) is 2. The van der Waals surface area contributed by atoms with Gasteiger partial charge in [0.2, 0.25) is 0 Å². The van der Waals surface area contributed by atoms with Gasteiger partial charge in [0, 0.05) is 18.3 Å². The van der Waals surface area contributed by atoms with E-state index in [0.717, 1.165) is 6.54 Å². The molecule has 1 unspecified atom stereocenters. The third kappa shape index (κ3) is 2.96. The average Bonchev–Trinajstić information content (AvgIpc) is 2.22. The minimum atomic E-state index is 0.617. The molecule has 1 heterocycles. The zero-order valence-corrected chi connectivity index (χ0v) is 9.66. The molecule has 2 nitrogen and oxygen atoms in total. The first-order valence-corrected chi connectivity index (χ1v) is 5.76. The summed E-state index contributed by atoms with van der Waals surface area (Å²) in [4.78, 5) is 2.40. The Morgan fingerprint density at radius 2 is 2.00 bits per heavy atom. The SMILES string of the molecule is Cc1ccc(NC2CCCN(C)C2)cc1. The minimum absolute atomic E-state index is 0.617. The highest BCUT2D eigenvalue weighted by atomic mass is 15.1. The number of anilines is 1. The van der Waals surface area contributed by atoms with E-state index >= 15 is 0 Å². The Morgan fingerprint density at radius 1 is 1.27 bits per heavy atom. The molecule has 1 fully saturated rings. The molecular weight excluding hydrogens is 184 g/mol. The second-order valence-corrected chi connectivity index (χ2v) is 4.61. The zero-order chi connectivity index (χ0) is 10.7. The number of rotatable bonds is 2. The summed E-state index contributed by atoms with van der Waals surface area (Å²) in [6.07, 6.45) is 2.60. The molecule has 1 atom stereocenters. The van der Waals surface area contributed by atoms with Gasteiger partial charge >= 0.3 is 0 Å². The van der Waals surface area contributed by atoms with Gasteiger partial charge in [-0.25, -0.2) is 0 Å². The van der Waals surface area contributed by atoms with E-state index in [-0.39, 0.29) is 0 Å². The van der Waals surface area contributed by atoms with Crippen LogP contribution < -0.4 is 5.32 Å². The second-order valence-electron chi connectivity index (χ2n) is 4.61. The molecule has 1 aromatic rings. The first-order chi connectivity index (χ1) is 7.24. The first kappa shape index (κ1) is 10.5. The van der Waals surface area contributed by atoms with Crippen molar-refractivity contribution in [3.05, 3.63) is 29.8 Å². The Bertz CT molecular complexity index is 305. The molecule has 0 aliphatic carbocycles. The van der Waals surface area contributed by atoms with Gasteiger partial charge in [0.1, 0.15) is 0 Å². The Hall–Kier alpha value is -1.02. The van der Waals surface area contributed by atoms with Crippen molar-refractivity contribution in [2.45, 2.75) is 25.8 Å². The lowest BCUT2D eigenvalue weighted by Crippen LogP contribution is -2.39. The lowest BCUT2D eigenvalue weighted by molar-refractivity contribution is 0.261. The Labute approximate surface area is 92.3 Å². The highest BCUT2D eigenvalue weighted by Crippen LogP contribution is 2.15. The molecule has 0 bridgehead atoms. The van der Waals surface area contributed by atoms with Crippen LogP contribution in [0.25, 0.3) is 0 Å². The molecule has 1 aliphatic heterocycles. The normalized spacial score (nSPS) is 22.7. The second kappa shape index (κ2) is 4.67. The fourth-order valence-corrected chi connectivity index (χ4v) is 2.17. The van der Waals surface area contributed by atoms with Crippen LogP contribution in [0.4, 0.5) is 5.69 Å². The van der Waals surface area contributed by atoms with E-state index in [0.29, 0.717) is 6.04 Å². The number of nitrogens with zero attached hydrogens (tertiary/aromatic N) is 1. The molecule has 2 rings (SSSR count). The van der Waals surface area contributed by atoms with Crippen molar-refractivity contribution < 1.29 is 0 Å². The maximum atomic E-state index is 3.60. The standard InChI is InChI=1S/C13H20N2/c1-11-5-7-12(8-6-11)14-13-4-3-9-15(2)10-13/h5-8,13-14H,3-4,9-10H2,1-2H3. The van der Waals surface area contributed by atoms with Crippen LogP contribution in [0.15, 0.2) is 24.3 Å². The third-order valence-electron chi connectivity index (χ3n) is 3.05. The van der Waals surface area contributed by atoms with Gasteiger partial charge in [-0.3, -0.25) is 0 Å². The molecule has 0 spiro atoms. The summed E-state index contributed by atoms with van der Waals surface area (Å²) in [5, 5.41) is 3.60. The smallest absolute Gasteiger partial charge is 0.0388 e. The van der Waals surface area contributed by atoms with Crippen molar-refractivity contribution in [2.24, 2.45) is 0 Å². The van der Waals surface area contributed by atoms with Crippen LogP contribution in [-0.4, -0.2) is 31.1 Å². The third-order valence-corrected chi connectivity index (χ3v) is 3.05. The summed E-state index contributed by atoms with van der Waals surface area (Å²) in [7, 11) is 2.20. The van der Waals surface area contributed by atoms with E-state index in [1.54, 1.807) is 0 Å². The van der Waals surface area contributed by atoms with Crippen molar-refractivity contribution in [1.29, 1.82) is 0 Å². The van der Waals surface area contributed by atoms with Gasteiger partial charge in [-0.1, -0.05) is 17.7 Å². The van der Waals surface area contributed by atoms with Gasteiger partial charge in [-0.05, 0) is 45.5 Å². The molecule has 0 aromatic heterocycles. The summed E-state index contributed by atoms with van der Waals surface area (Å²) in [6.45, 7) is 4.53. The summed E-state index contributed by atoms with van der Waals surface area (Å²) in [6, 6.07) is 9.28. The lowest BCUT2D eigenvalue weighted by atomic mass is 10.1. The van der Waals surface area contributed by atoms with E-state index in [2.05, 4.69) is 48.5 Å². The lowest BCUT2D eigenvalue weighted by Gasteiger charge is -2.30. The maximum absolute atomic E-state index is 3.60. The molecular formula is C13H20N2. The highest BCUT2D eigenvalue weighted by Gasteiger charge is 2.16. The van der Waals surface area contributed by atoms with Crippen molar-refractivity contribution in [3.8, 4) is 0 Å². The molecule has 0 radical (unpaired) electrons. The van der Waals surface area contributed by atoms with Gasteiger partial charge in [0.25, 0.3) is 0 Å². The predicted octanol–water partition coefficient (Wildman–Crippen LogP) is 2.50. The van der Waals surface area contributed by atoms with Crippen LogP contribution in [0, 0.1) is 6.92 Å². The van der Waals surface area contributed by atoms with E-state index in [4.69, 9.17) is 0 Å². The molecule has 1 aliphatic rings. The monoisotopic (exact) mass is 204 g/mol. The minimum Gasteiger partial charge on any atom is -0.381 e. The predicted molar refractivity (Wildman–Crippen MR) is 65.3 cm³/mol. The van der Waals surface area contributed by atoms with Crippen LogP contribution in [0.2, 0.25) is 0 Å². The van der Waals surface area contributed by atoms with Crippen LogP contribution in [-0.2, 0) is 0 Å².